The highest BCUT2D eigenvalue weighted by molar-refractivity contribution is 5.95. The highest BCUT2D eigenvalue weighted by Gasteiger charge is 2.35. The summed E-state index contributed by atoms with van der Waals surface area (Å²) in [5.74, 6) is -1.35. The fourth-order valence-corrected chi connectivity index (χ4v) is 4.24. The molecule has 1 N–H and O–H groups in total. The van der Waals surface area contributed by atoms with Crippen molar-refractivity contribution in [2.24, 2.45) is 5.92 Å². The number of piperidine rings is 1. The van der Waals surface area contributed by atoms with Crippen LogP contribution < -0.4 is 4.90 Å². The van der Waals surface area contributed by atoms with Crippen molar-refractivity contribution in [2.45, 2.75) is 45.7 Å². The van der Waals surface area contributed by atoms with Crippen LogP contribution >= 0.6 is 0 Å². The molecular formula is C21H31N3O3. The van der Waals surface area contributed by atoms with E-state index < -0.39 is 11.9 Å². The van der Waals surface area contributed by atoms with E-state index in [1.165, 1.54) is 0 Å². The van der Waals surface area contributed by atoms with Gasteiger partial charge in [0.05, 0.1) is 5.92 Å². The molecule has 2 saturated heterocycles. The second-order valence-corrected chi connectivity index (χ2v) is 7.99. The van der Waals surface area contributed by atoms with Crippen LogP contribution in [0.5, 0.6) is 0 Å². The summed E-state index contributed by atoms with van der Waals surface area (Å²) >= 11 is 0. The third-order valence-electron chi connectivity index (χ3n) is 6.09. The Labute approximate surface area is 161 Å². The number of amides is 1. The topological polar surface area (TPSA) is 64.1 Å². The Morgan fingerprint density at radius 1 is 1.04 bits per heavy atom. The first kappa shape index (κ1) is 19.7. The molecule has 0 radical (unpaired) electrons. The summed E-state index contributed by atoms with van der Waals surface area (Å²) in [6.45, 7) is 11.0. The molecule has 3 rings (SSSR count). The van der Waals surface area contributed by atoms with Crippen molar-refractivity contribution in [3.63, 3.8) is 0 Å². The maximum absolute atomic E-state index is 12.9. The Morgan fingerprint density at radius 2 is 1.67 bits per heavy atom. The zero-order chi connectivity index (χ0) is 19.6. The summed E-state index contributed by atoms with van der Waals surface area (Å²) in [6.07, 6.45) is 1.38. The Kier molecular flexibility index (Phi) is 6.05. The van der Waals surface area contributed by atoms with Gasteiger partial charge in [0.15, 0.2) is 0 Å². The summed E-state index contributed by atoms with van der Waals surface area (Å²) in [7, 11) is 0. The second-order valence-electron chi connectivity index (χ2n) is 7.99. The number of hydrogen-bond donors (Lipinski definition) is 1. The van der Waals surface area contributed by atoms with Crippen LogP contribution in [0.4, 0.5) is 5.69 Å². The van der Waals surface area contributed by atoms with E-state index in [1.54, 1.807) is 4.90 Å². The van der Waals surface area contributed by atoms with Gasteiger partial charge in [0.25, 0.3) is 5.91 Å². The molecule has 1 aromatic rings. The molecule has 1 amide bonds. The van der Waals surface area contributed by atoms with Crippen LogP contribution in [0, 0.1) is 5.92 Å². The van der Waals surface area contributed by atoms with Crippen LogP contribution in [0.15, 0.2) is 24.3 Å². The van der Waals surface area contributed by atoms with Crippen molar-refractivity contribution < 1.29 is 14.7 Å². The van der Waals surface area contributed by atoms with Gasteiger partial charge in [-0.15, -0.1) is 0 Å². The Bertz CT molecular complexity index is 666. The number of carboxylic acids is 1. The van der Waals surface area contributed by atoms with Crippen molar-refractivity contribution in [2.75, 3.05) is 37.6 Å². The molecule has 148 valence electrons. The number of carbonyl (C=O) groups excluding carboxylic acids is 1. The second kappa shape index (κ2) is 8.30. The SMILES string of the molecule is CC(C)N1CCN(c2ccc(C(=O)N3CCC[C@H](C(=O)O)[C@@H]3C)cc2)CC1. The van der Waals surface area contributed by atoms with Gasteiger partial charge < -0.3 is 14.9 Å². The highest BCUT2D eigenvalue weighted by Crippen LogP contribution is 2.26. The van der Waals surface area contributed by atoms with Crippen LogP contribution in [0.1, 0.15) is 44.0 Å². The van der Waals surface area contributed by atoms with Gasteiger partial charge in [-0.3, -0.25) is 14.5 Å². The standard InChI is InChI=1S/C21H31N3O3/c1-15(2)22-11-13-23(14-12-22)18-8-6-17(7-9-18)20(25)24-10-4-5-19(16(24)3)21(26)27/h6-9,15-16,19H,4-5,10-14H2,1-3H3,(H,26,27)/t16-,19-/m0/s1. The summed E-state index contributed by atoms with van der Waals surface area (Å²) in [5.41, 5.74) is 1.78. The number of hydrogen-bond acceptors (Lipinski definition) is 4. The van der Waals surface area contributed by atoms with E-state index in [-0.39, 0.29) is 11.9 Å². The quantitative estimate of drug-likeness (QED) is 0.879. The number of rotatable bonds is 4. The largest absolute Gasteiger partial charge is 0.481 e. The van der Waals surface area contributed by atoms with Crippen LogP contribution in [0.25, 0.3) is 0 Å². The number of carbonyl (C=O) groups is 2. The number of aliphatic carboxylic acids is 1. The molecule has 6 heteroatoms. The summed E-state index contributed by atoms with van der Waals surface area (Å²) in [5, 5.41) is 9.37. The molecule has 0 unspecified atom stereocenters. The minimum Gasteiger partial charge on any atom is -0.481 e. The minimum atomic E-state index is -0.809. The van der Waals surface area contributed by atoms with E-state index in [1.807, 2.05) is 31.2 Å². The summed E-state index contributed by atoms with van der Waals surface area (Å²) in [6, 6.07) is 8.09. The lowest BCUT2D eigenvalue weighted by Gasteiger charge is -2.38. The van der Waals surface area contributed by atoms with E-state index in [0.29, 0.717) is 24.6 Å². The molecule has 0 bridgehead atoms. The molecular weight excluding hydrogens is 342 g/mol. The highest BCUT2D eigenvalue weighted by atomic mass is 16.4. The Balaban J connectivity index is 1.65. The van der Waals surface area contributed by atoms with E-state index in [0.717, 1.165) is 38.3 Å². The molecule has 2 aliphatic heterocycles. The number of carboxylic acid groups (broad SMARTS) is 1. The maximum atomic E-state index is 12.9. The van der Waals surface area contributed by atoms with Gasteiger partial charge in [0, 0.05) is 56.1 Å². The van der Waals surface area contributed by atoms with Crippen molar-refractivity contribution >= 4 is 17.6 Å². The number of nitrogens with zero attached hydrogens (tertiary/aromatic N) is 3. The zero-order valence-corrected chi connectivity index (χ0v) is 16.6. The molecule has 2 aliphatic rings. The molecule has 1 aromatic carbocycles. The van der Waals surface area contributed by atoms with E-state index >= 15 is 0 Å². The van der Waals surface area contributed by atoms with Gasteiger partial charge in [0.2, 0.25) is 0 Å². The Morgan fingerprint density at radius 3 is 2.22 bits per heavy atom. The monoisotopic (exact) mass is 373 g/mol. The molecule has 0 aliphatic carbocycles. The minimum absolute atomic E-state index is 0.0652. The van der Waals surface area contributed by atoms with Crippen LogP contribution in [0.3, 0.4) is 0 Å². The third-order valence-corrected chi connectivity index (χ3v) is 6.09. The predicted octanol–water partition coefficient (Wildman–Crippen LogP) is 2.54. The lowest BCUT2D eigenvalue weighted by Crippen LogP contribution is -2.49. The summed E-state index contributed by atoms with van der Waals surface area (Å²) in [4.78, 5) is 30.9. The Hall–Kier alpha value is -2.08. The van der Waals surface area contributed by atoms with Crippen molar-refractivity contribution in [1.82, 2.24) is 9.80 Å². The van der Waals surface area contributed by atoms with Gasteiger partial charge in [0.1, 0.15) is 0 Å². The molecule has 0 saturated carbocycles. The summed E-state index contributed by atoms with van der Waals surface area (Å²) < 4.78 is 0. The smallest absolute Gasteiger partial charge is 0.308 e. The molecule has 2 atom stereocenters. The third kappa shape index (κ3) is 4.26. The van der Waals surface area contributed by atoms with E-state index in [9.17, 15) is 14.7 Å². The number of benzene rings is 1. The van der Waals surface area contributed by atoms with Crippen LogP contribution in [0.2, 0.25) is 0 Å². The van der Waals surface area contributed by atoms with Gasteiger partial charge in [-0.1, -0.05) is 0 Å². The average molecular weight is 373 g/mol. The first-order valence-corrected chi connectivity index (χ1v) is 10.0. The predicted molar refractivity (Wildman–Crippen MR) is 106 cm³/mol. The van der Waals surface area contributed by atoms with Gasteiger partial charge in [-0.2, -0.15) is 0 Å². The zero-order valence-electron chi connectivity index (χ0n) is 16.6. The maximum Gasteiger partial charge on any atom is 0.308 e. The molecule has 2 fully saturated rings. The first-order valence-electron chi connectivity index (χ1n) is 10.0. The van der Waals surface area contributed by atoms with Crippen molar-refractivity contribution in [1.29, 1.82) is 0 Å². The van der Waals surface area contributed by atoms with Crippen molar-refractivity contribution in [3.05, 3.63) is 29.8 Å². The molecule has 0 aromatic heterocycles. The van der Waals surface area contributed by atoms with Gasteiger partial charge >= 0.3 is 5.97 Å². The van der Waals surface area contributed by atoms with Gasteiger partial charge in [-0.05, 0) is 57.9 Å². The lowest BCUT2D eigenvalue weighted by molar-refractivity contribution is -0.144. The van der Waals surface area contributed by atoms with E-state index in [2.05, 4.69) is 23.6 Å². The lowest BCUT2D eigenvalue weighted by atomic mass is 9.90. The molecule has 6 nitrogen and oxygen atoms in total. The normalized spacial score (nSPS) is 24.3. The molecule has 27 heavy (non-hydrogen) atoms. The number of anilines is 1. The molecule has 2 heterocycles. The average Bonchev–Trinajstić information content (AvgIpc) is 2.67. The number of likely N-dealkylation sites (tertiary alicyclic amines) is 1. The fraction of sp³-hybridized carbons (Fsp3) is 0.619. The van der Waals surface area contributed by atoms with Gasteiger partial charge in [-0.25, -0.2) is 0 Å². The van der Waals surface area contributed by atoms with Crippen LogP contribution in [-0.2, 0) is 4.79 Å². The molecule has 0 spiro atoms. The fourth-order valence-electron chi connectivity index (χ4n) is 4.24. The number of piperazine rings is 1. The van der Waals surface area contributed by atoms with Crippen molar-refractivity contribution in [3.8, 4) is 0 Å². The first-order chi connectivity index (χ1) is 12.9. The van der Waals surface area contributed by atoms with E-state index in [4.69, 9.17) is 0 Å². The van der Waals surface area contributed by atoms with Crippen LogP contribution in [-0.4, -0.2) is 71.6 Å².